The summed E-state index contributed by atoms with van der Waals surface area (Å²) in [6.45, 7) is 0.806. The summed E-state index contributed by atoms with van der Waals surface area (Å²) in [5.74, 6) is 2.73. The summed E-state index contributed by atoms with van der Waals surface area (Å²) in [6.07, 6.45) is 3.75. The van der Waals surface area contributed by atoms with Gasteiger partial charge in [-0.2, -0.15) is 4.98 Å². The summed E-state index contributed by atoms with van der Waals surface area (Å²) < 4.78 is 10.7. The van der Waals surface area contributed by atoms with Crippen LogP contribution >= 0.6 is 0 Å². The first-order chi connectivity index (χ1) is 13.3. The molecule has 0 aliphatic rings. The first kappa shape index (κ1) is 18.5. The minimum atomic E-state index is 0.593. The number of rotatable bonds is 9. The molecule has 27 heavy (non-hydrogen) atoms. The van der Waals surface area contributed by atoms with Gasteiger partial charge in [-0.3, -0.25) is 0 Å². The second-order valence-corrected chi connectivity index (χ2v) is 5.97. The van der Waals surface area contributed by atoms with Gasteiger partial charge in [0, 0.05) is 18.8 Å². The van der Waals surface area contributed by atoms with E-state index >= 15 is 0 Å². The van der Waals surface area contributed by atoms with Crippen LogP contribution in [0.5, 0.6) is 11.5 Å². The number of hydrogen-bond donors (Lipinski definition) is 2. The lowest BCUT2D eigenvalue weighted by molar-refractivity contribution is 0.405. The van der Waals surface area contributed by atoms with Gasteiger partial charge in [0.2, 0.25) is 5.95 Å². The monoisotopic (exact) mass is 364 g/mol. The molecular weight excluding hydrogens is 340 g/mol. The predicted molar refractivity (Wildman–Crippen MR) is 108 cm³/mol. The molecule has 0 aliphatic carbocycles. The van der Waals surface area contributed by atoms with Crippen molar-refractivity contribution in [1.82, 2.24) is 9.97 Å². The van der Waals surface area contributed by atoms with E-state index in [1.807, 2.05) is 30.3 Å². The van der Waals surface area contributed by atoms with Crippen molar-refractivity contribution in [1.29, 1.82) is 0 Å². The fourth-order valence-corrected chi connectivity index (χ4v) is 2.70. The van der Waals surface area contributed by atoms with Crippen LogP contribution < -0.4 is 20.1 Å². The van der Waals surface area contributed by atoms with Crippen LogP contribution in [0.3, 0.4) is 0 Å². The second kappa shape index (κ2) is 9.43. The molecule has 0 saturated heterocycles. The van der Waals surface area contributed by atoms with Crippen LogP contribution in [-0.4, -0.2) is 30.7 Å². The van der Waals surface area contributed by atoms with E-state index in [0.29, 0.717) is 17.5 Å². The van der Waals surface area contributed by atoms with Gasteiger partial charge in [0.15, 0.2) is 0 Å². The Kier molecular flexibility index (Phi) is 6.46. The first-order valence-electron chi connectivity index (χ1n) is 8.88. The van der Waals surface area contributed by atoms with Crippen molar-refractivity contribution >= 4 is 17.5 Å². The first-order valence-corrected chi connectivity index (χ1v) is 8.88. The topological polar surface area (TPSA) is 68.3 Å². The zero-order valence-electron chi connectivity index (χ0n) is 15.6. The molecule has 0 saturated carbocycles. The summed E-state index contributed by atoms with van der Waals surface area (Å²) in [6, 6.07) is 17.8. The molecule has 140 valence electrons. The van der Waals surface area contributed by atoms with Crippen molar-refractivity contribution in [3.8, 4) is 11.5 Å². The number of anilines is 3. The van der Waals surface area contributed by atoms with Crippen LogP contribution in [0.25, 0.3) is 0 Å². The lowest BCUT2D eigenvalue weighted by Gasteiger charge is -2.13. The van der Waals surface area contributed by atoms with Crippen molar-refractivity contribution < 1.29 is 9.47 Å². The Hall–Kier alpha value is -3.28. The SMILES string of the molecule is COc1ccc(OC)c(Nc2ccnc(NCCCc3ccccc3)n2)c1. The average molecular weight is 364 g/mol. The third-order valence-corrected chi connectivity index (χ3v) is 4.09. The zero-order chi connectivity index (χ0) is 18.9. The highest BCUT2D eigenvalue weighted by atomic mass is 16.5. The molecule has 0 aliphatic heterocycles. The summed E-state index contributed by atoms with van der Waals surface area (Å²) in [5, 5.41) is 6.53. The summed E-state index contributed by atoms with van der Waals surface area (Å²) in [5.41, 5.74) is 2.12. The maximum absolute atomic E-state index is 5.39. The Morgan fingerprint density at radius 3 is 2.59 bits per heavy atom. The van der Waals surface area contributed by atoms with E-state index in [2.05, 4.69) is 44.9 Å². The molecule has 2 aromatic carbocycles. The van der Waals surface area contributed by atoms with Crippen LogP contribution in [0.1, 0.15) is 12.0 Å². The van der Waals surface area contributed by atoms with E-state index < -0.39 is 0 Å². The van der Waals surface area contributed by atoms with E-state index in [0.717, 1.165) is 30.8 Å². The fourth-order valence-electron chi connectivity index (χ4n) is 2.70. The van der Waals surface area contributed by atoms with E-state index in [4.69, 9.17) is 9.47 Å². The Bertz CT molecular complexity index is 856. The second-order valence-electron chi connectivity index (χ2n) is 5.97. The number of nitrogens with zero attached hydrogens (tertiary/aromatic N) is 2. The smallest absolute Gasteiger partial charge is 0.224 e. The van der Waals surface area contributed by atoms with Gasteiger partial charge in [-0.1, -0.05) is 30.3 Å². The van der Waals surface area contributed by atoms with Crippen molar-refractivity contribution in [2.45, 2.75) is 12.8 Å². The molecule has 6 heteroatoms. The molecule has 6 nitrogen and oxygen atoms in total. The molecule has 1 heterocycles. The molecule has 0 bridgehead atoms. The zero-order valence-corrected chi connectivity index (χ0v) is 15.6. The number of nitrogens with one attached hydrogen (secondary N) is 2. The molecule has 0 fully saturated rings. The van der Waals surface area contributed by atoms with Gasteiger partial charge >= 0.3 is 0 Å². The predicted octanol–water partition coefficient (Wildman–Crippen LogP) is 4.28. The summed E-state index contributed by atoms with van der Waals surface area (Å²) in [4.78, 5) is 8.80. The van der Waals surface area contributed by atoms with E-state index in [-0.39, 0.29) is 0 Å². The quantitative estimate of drug-likeness (QED) is 0.552. The average Bonchev–Trinajstić information content (AvgIpc) is 2.72. The molecule has 0 atom stereocenters. The van der Waals surface area contributed by atoms with Crippen molar-refractivity contribution in [3.63, 3.8) is 0 Å². The van der Waals surface area contributed by atoms with Gasteiger partial charge < -0.3 is 20.1 Å². The van der Waals surface area contributed by atoms with Crippen LogP contribution in [0.15, 0.2) is 60.8 Å². The number of methoxy groups -OCH3 is 2. The van der Waals surface area contributed by atoms with Gasteiger partial charge in [-0.05, 0) is 36.6 Å². The standard InChI is InChI=1S/C21H24N4O2/c1-26-17-10-11-19(27-2)18(15-17)24-20-12-14-23-21(25-20)22-13-6-9-16-7-4-3-5-8-16/h3-5,7-8,10-12,14-15H,6,9,13H2,1-2H3,(H2,22,23,24,25). The largest absolute Gasteiger partial charge is 0.497 e. The van der Waals surface area contributed by atoms with Crippen LogP contribution in [0.4, 0.5) is 17.5 Å². The van der Waals surface area contributed by atoms with Crippen molar-refractivity contribution in [2.75, 3.05) is 31.4 Å². The number of ether oxygens (including phenoxy) is 2. The van der Waals surface area contributed by atoms with E-state index in [1.54, 1.807) is 20.4 Å². The Labute approximate surface area is 159 Å². The fraction of sp³-hybridized carbons (Fsp3) is 0.238. The molecule has 1 aromatic heterocycles. The summed E-state index contributed by atoms with van der Waals surface area (Å²) >= 11 is 0. The van der Waals surface area contributed by atoms with Gasteiger partial charge in [0.25, 0.3) is 0 Å². The van der Waals surface area contributed by atoms with Crippen molar-refractivity contribution in [3.05, 3.63) is 66.4 Å². The molecule has 2 N–H and O–H groups in total. The van der Waals surface area contributed by atoms with Crippen molar-refractivity contribution in [2.24, 2.45) is 0 Å². The van der Waals surface area contributed by atoms with Crippen LogP contribution in [-0.2, 0) is 6.42 Å². The lowest BCUT2D eigenvalue weighted by Crippen LogP contribution is -2.07. The normalized spacial score (nSPS) is 10.3. The molecule has 0 spiro atoms. The minimum absolute atomic E-state index is 0.593. The third-order valence-electron chi connectivity index (χ3n) is 4.09. The van der Waals surface area contributed by atoms with E-state index in [1.165, 1.54) is 5.56 Å². The number of aromatic nitrogens is 2. The minimum Gasteiger partial charge on any atom is -0.497 e. The maximum atomic E-state index is 5.39. The maximum Gasteiger partial charge on any atom is 0.224 e. The molecule has 0 unspecified atom stereocenters. The molecular formula is C21H24N4O2. The van der Waals surface area contributed by atoms with Gasteiger partial charge in [0.05, 0.1) is 19.9 Å². The highest BCUT2D eigenvalue weighted by Crippen LogP contribution is 2.31. The van der Waals surface area contributed by atoms with Gasteiger partial charge in [0.1, 0.15) is 17.3 Å². The molecule has 3 aromatic rings. The summed E-state index contributed by atoms with van der Waals surface area (Å²) in [7, 11) is 3.26. The third kappa shape index (κ3) is 5.34. The Morgan fingerprint density at radius 2 is 1.81 bits per heavy atom. The highest BCUT2D eigenvalue weighted by molar-refractivity contribution is 5.66. The number of hydrogen-bond acceptors (Lipinski definition) is 6. The molecule has 3 rings (SSSR count). The van der Waals surface area contributed by atoms with Gasteiger partial charge in [-0.15, -0.1) is 0 Å². The molecule has 0 amide bonds. The Balaban J connectivity index is 1.59. The number of benzene rings is 2. The lowest BCUT2D eigenvalue weighted by atomic mass is 10.1. The van der Waals surface area contributed by atoms with Gasteiger partial charge in [-0.25, -0.2) is 4.98 Å². The number of aryl methyl sites for hydroxylation is 1. The van der Waals surface area contributed by atoms with Crippen LogP contribution in [0.2, 0.25) is 0 Å². The molecule has 0 radical (unpaired) electrons. The van der Waals surface area contributed by atoms with Crippen LogP contribution in [0, 0.1) is 0 Å². The Morgan fingerprint density at radius 1 is 0.963 bits per heavy atom. The van der Waals surface area contributed by atoms with E-state index in [9.17, 15) is 0 Å². The highest BCUT2D eigenvalue weighted by Gasteiger charge is 2.07.